The molecule has 0 heterocycles. The summed E-state index contributed by atoms with van der Waals surface area (Å²) in [7, 11) is 0. The van der Waals surface area contributed by atoms with Crippen LogP contribution in [0, 0.1) is 0 Å². The Kier molecular flexibility index (Phi) is 6.81. The minimum absolute atomic E-state index is 0.101. The fourth-order valence-corrected chi connectivity index (χ4v) is 2.26. The van der Waals surface area contributed by atoms with E-state index in [2.05, 4.69) is 17.4 Å². The van der Waals surface area contributed by atoms with Crippen molar-refractivity contribution < 1.29 is 4.79 Å². The molecule has 1 N–H and O–H groups in total. The molecule has 0 aliphatic rings. The summed E-state index contributed by atoms with van der Waals surface area (Å²) in [5.74, 6) is 0.121. The molecule has 2 atom stereocenters. The zero-order chi connectivity index (χ0) is 13.4. The molecule has 0 radical (unpaired) electrons. The van der Waals surface area contributed by atoms with E-state index in [0.717, 1.165) is 19.3 Å². The maximum Gasteiger partial charge on any atom is 0.220 e. The normalized spacial score (nSPS) is 13.9. The van der Waals surface area contributed by atoms with Crippen LogP contribution in [0.2, 0.25) is 0 Å². The Labute approximate surface area is 115 Å². The molecular formula is C15H22ClNO. The number of nitrogens with one attached hydrogen (secondary N) is 1. The van der Waals surface area contributed by atoms with Gasteiger partial charge in [0.15, 0.2) is 0 Å². The number of benzene rings is 1. The third-order valence-electron chi connectivity index (χ3n) is 2.80. The lowest BCUT2D eigenvalue weighted by Crippen LogP contribution is -2.33. The number of hydrogen-bond acceptors (Lipinski definition) is 1. The van der Waals surface area contributed by atoms with Crippen LogP contribution in [-0.2, 0) is 11.2 Å². The molecule has 3 heteroatoms. The summed E-state index contributed by atoms with van der Waals surface area (Å²) in [6.45, 7) is 3.94. The minimum Gasteiger partial charge on any atom is -0.354 e. The zero-order valence-corrected chi connectivity index (χ0v) is 11.9. The standard InChI is InChI=1S/C15H22ClNO/c1-12(16)11-13(2)17-15(18)10-6-9-14-7-4-3-5-8-14/h3-5,7-8,12-13H,6,9-11H2,1-2H3,(H,17,18). The number of alkyl halides is 1. The van der Waals surface area contributed by atoms with Gasteiger partial charge in [-0.05, 0) is 38.7 Å². The van der Waals surface area contributed by atoms with Crippen LogP contribution in [0.1, 0.15) is 38.7 Å². The van der Waals surface area contributed by atoms with Crippen molar-refractivity contribution in [2.75, 3.05) is 0 Å². The SMILES string of the molecule is CC(Cl)CC(C)NC(=O)CCCc1ccccc1. The Morgan fingerprint density at radius 1 is 1.28 bits per heavy atom. The molecule has 0 saturated heterocycles. The molecule has 0 bridgehead atoms. The highest BCUT2D eigenvalue weighted by molar-refractivity contribution is 6.20. The first-order valence-electron chi connectivity index (χ1n) is 6.55. The van der Waals surface area contributed by atoms with E-state index < -0.39 is 0 Å². The monoisotopic (exact) mass is 267 g/mol. The number of carbonyl (C=O) groups is 1. The average molecular weight is 268 g/mol. The van der Waals surface area contributed by atoms with Crippen molar-refractivity contribution in [3.63, 3.8) is 0 Å². The Morgan fingerprint density at radius 3 is 2.56 bits per heavy atom. The fraction of sp³-hybridized carbons (Fsp3) is 0.533. The number of carbonyl (C=O) groups excluding carboxylic acids is 1. The van der Waals surface area contributed by atoms with Crippen LogP contribution in [-0.4, -0.2) is 17.3 Å². The summed E-state index contributed by atoms with van der Waals surface area (Å²) in [4.78, 5) is 11.7. The van der Waals surface area contributed by atoms with Gasteiger partial charge in [-0.1, -0.05) is 30.3 Å². The molecule has 1 aromatic carbocycles. The van der Waals surface area contributed by atoms with E-state index in [9.17, 15) is 4.79 Å². The highest BCUT2D eigenvalue weighted by atomic mass is 35.5. The van der Waals surface area contributed by atoms with Crippen molar-refractivity contribution in [1.82, 2.24) is 5.32 Å². The van der Waals surface area contributed by atoms with Crippen LogP contribution in [0.4, 0.5) is 0 Å². The number of rotatable bonds is 7. The van der Waals surface area contributed by atoms with Gasteiger partial charge in [0, 0.05) is 17.8 Å². The second-order valence-electron chi connectivity index (χ2n) is 4.82. The largest absolute Gasteiger partial charge is 0.354 e. The van der Waals surface area contributed by atoms with Crippen molar-refractivity contribution in [2.24, 2.45) is 0 Å². The summed E-state index contributed by atoms with van der Waals surface area (Å²) in [5.41, 5.74) is 1.28. The Bertz CT molecular complexity index is 351. The first kappa shape index (κ1) is 15.0. The molecule has 1 aromatic rings. The van der Waals surface area contributed by atoms with Gasteiger partial charge < -0.3 is 5.32 Å². The number of halogens is 1. The van der Waals surface area contributed by atoms with Crippen LogP contribution in [0.25, 0.3) is 0 Å². The van der Waals surface area contributed by atoms with Crippen molar-refractivity contribution in [3.8, 4) is 0 Å². The highest BCUT2D eigenvalue weighted by Gasteiger charge is 2.09. The van der Waals surface area contributed by atoms with Gasteiger partial charge in [0.05, 0.1) is 0 Å². The van der Waals surface area contributed by atoms with Crippen molar-refractivity contribution in [2.45, 2.75) is 50.9 Å². The quantitative estimate of drug-likeness (QED) is 0.753. The third kappa shape index (κ3) is 6.65. The van der Waals surface area contributed by atoms with Crippen molar-refractivity contribution in [1.29, 1.82) is 0 Å². The van der Waals surface area contributed by atoms with E-state index in [-0.39, 0.29) is 17.3 Å². The fourth-order valence-electron chi connectivity index (χ4n) is 1.99. The molecule has 2 unspecified atom stereocenters. The smallest absolute Gasteiger partial charge is 0.220 e. The first-order chi connectivity index (χ1) is 8.58. The van der Waals surface area contributed by atoms with E-state index in [1.807, 2.05) is 32.0 Å². The second kappa shape index (κ2) is 8.15. The number of aryl methyl sites for hydroxylation is 1. The van der Waals surface area contributed by atoms with Gasteiger partial charge in [0.25, 0.3) is 0 Å². The Hall–Kier alpha value is -1.02. The van der Waals surface area contributed by atoms with Gasteiger partial charge >= 0.3 is 0 Å². The zero-order valence-electron chi connectivity index (χ0n) is 11.2. The molecule has 18 heavy (non-hydrogen) atoms. The van der Waals surface area contributed by atoms with Crippen LogP contribution < -0.4 is 5.32 Å². The molecule has 0 aromatic heterocycles. The van der Waals surface area contributed by atoms with Gasteiger partial charge in [-0.3, -0.25) is 4.79 Å². The van der Waals surface area contributed by atoms with E-state index in [0.29, 0.717) is 6.42 Å². The van der Waals surface area contributed by atoms with Crippen LogP contribution >= 0.6 is 11.6 Å². The second-order valence-corrected chi connectivity index (χ2v) is 5.57. The predicted octanol–water partition coefficient (Wildman–Crippen LogP) is 3.53. The van der Waals surface area contributed by atoms with E-state index in [1.54, 1.807) is 0 Å². The van der Waals surface area contributed by atoms with Crippen LogP contribution in [0.15, 0.2) is 30.3 Å². The predicted molar refractivity (Wildman–Crippen MR) is 76.9 cm³/mol. The lowest BCUT2D eigenvalue weighted by molar-refractivity contribution is -0.121. The van der Waals surface area contributed by atoms with E-state index in [4.69, 9.17) is 11.6 Å². The van der Waals surface area contributed by atoms with Gasteiger partial charge in [-0.2, -0.15) is 0 Å². The lowest BCUT2D eigenvalue weighted by Gasteiger charge is -2.14. The van der Waals surface area contributed by atoms with Crippen molar-refractivity contribution >= 4 is 17.5 Å². The van der Waals surface area contributed by atoms with Gasteiger partial charge in [0.2, 0.25) is 5.91 Å². The molecule has 2 nitrogen and oxygen atoms in total. The van der Waals surface area contributed by atoms with E-state index in [1.165, 1.54) is 5.56 Å². The summed E-state index contributed by atoms with van der Waals surface area (Å²) in [6, 6.07) is 10.4. The summed E-state index contributed by atoms with van der Waals surface area (Å²) >= 11 is 5.89. The molecule has 1 amide bonds. The molecule has 1 rings (SSSR count). The summed E-state index contributed by atoms with van der Waals surface area (Å²) in [5, 5.41) is 3.08. The molecular weight excluding hydrogens is 246 g/mol. The lowest BCUT2D eigenvalue weighted by atomic mass is 10.1. The molecule has 0 fully saturated rings. The highest BCUT2D eigenvalue weighted by Crippen LogP contribution is 2.06. The topological polar surface area (TPSA) is 29.1 Å². The third-order valence-corrected chi connectivity index (χ3v) is 2.98. The van der Waals surface area contributed by atoms with Gasteiger partial charge in [-0.15, -0.1) is 11.6 Å². The Balaban J connectivity index is 2.17. The molecule has 0 saturated carbocycles. The van der Waals surface area contributed by atoms with E-state index >= 15 is 0 Å². The number of hydrogen-bond donors (Lipinski definition) is 1. The van der Waals surface area contributed by atoms with Gasteiger partial charge in [0.1, 0.15) is 0 Å². The minimum atomic E-state index is 0.101. The van der Waals surface area contributed by atoms with Crippen LogP contribution in [0.5, 0.6) is 0 Å². The number of amides is 1. The summed E-state index contributed by atoms with van der Waals surface area (Å²) < 4.78 is 0. The molecule has 0 spiro atoms. The van der Waals surface area contributed by atoms with Gasteiger partial charge in [-0.25, -0.2) is 0 Å². The summed E-state index contributed by atoms with van der Waals surface area (Å²) in [6.07, 6.45) is 3.23. The maximum atomic E-state index is 11.7. The molecule has 100 valence electrons. The molecule has 0 aliphatic heterocycles. The first-order valence-corrected chi connectivity index (χ1v) is 6.99. The van der Waals surface area contributed by atoms with Crippen molar-refractivity contribution in [3.05, 3.63) is 35.9 Å². The Morgan fingerprint density at radius 2 is 1.94 bits per heavy atom. The maximum absolute atomic E-state index is 11.7. The molecule has 0 aliphatic carbocycles. The van der Waals surface area contributed by atoms with Crippen LogP contribution in [0.3, 0.4) is 0 Å². The average Bonchev–Trinajstić information content (AvgIpc) is 2.29.